The van der Waals surface area contributed by atoms with E-state index in [2.05, 4.69) is 0 Å². The van der Waals surface area contributed by atoms with E-state index in [9.17, 15) is 10.0 Å². The number of para-hydroxylation sites is 1. The van der Waals surface area contributed by atoms with Crippen molar-refractivity contribution in [3.8, 4) is 0 Å². The number of carbonyl (C=O) groups is 1. The first kappa shape index (κ1) is 8.51. The van der Waals surface area contributed by atoms with Crippen molar-refractivity contribution in [2.24, 2.45) is 5.73 Å². The lowest BCUT2D eigenvalue weighted by Gasteiger charge is -2.23. The van der Waals surface area contributed by atoms with E-state index in [0.29, 0.717) is 0 Å². The molecule has 5 nitrogen and oxygen atoms in total. The Morgan fingerprint density at radius 2 is 2.08 bits per heavy atom. The van der Waals surface area contributed by atoms with Gasteiger partial charge in [-0.2, -0.15) is 0 Å². The molecule has 0 aliphatic heterocycles. The lowest BCUT2D eigenvalue weighted by atomic mass is 10.2. The van der Waals surface area contributed by atoms with Crippen LogP contribution in [0.4, 0.5) is 5.69 Å². The van der Waals surface area contributed by atoms with Gasteiger partial charge >= 0.3 is 0 Å². The Bertz CT molecular complexity index is 298. The number of carbonyl (C=O) groups excluding carboxylic acids is 1. The van der Waals surface area contributed by atoms with Crippen LogP contribution in [0.3, 0.4) is 0 Å². The first-order valence-corrected chi connectivity index (χ1v) is 3.18. The molecular formula is C7H7N2O3-. The predicted octanol–water partition coefficient (Wildman–Crippen LogP) is 0.479. The standard InChI is InChI=1S/C7H7N2O3/c8-7(10)5-3-1-2-4-6(5)9(11)12/h1-4,11H,(H2,8,10)/q-1. The van der Waals surface area contributed by atoms with Gasteiger partial charge in [-0.1, -0.05) is 12.1 Å². The molecule has 1 aromatic carbocycles. The summed E-state index contributed by atoms with van der Waals surface area (Å²) in [5, 5.41) is 18.6. The van der Waals surface area contributed by atoms with E-state index in [-0.39, 0.29) is 16.5 Å². The van der Waals surface area contributed by atoms with Crippen molar-refractivity contribution in [2.75, 3.05) is 5.23 Å². The molecule has 0 radical (unpaired) electrons. The van der Waals surface area contributed by atoms with Gasteiger partial charge in [0, 0.05) is 0 Å². The molecule has 5 heteroatoms. The van der Waals surface area contributed by atoms with Crippen molar-refractivity contribution in [1.29, 1.82) is 0 Å². The van der Waals surface area contributed by atoms with Crippen molar-refractivity contribution >= 4 is 11.6 Å². The van der Waals surface area contributed by atoms with Crippen LogP contribution in [0.5, 0.6) is 0 Å². The number of benzene rings is 1. The van der Waals surface area contributed by atoms with Gasteiger partial charge in [0.05, 0.1) is 11.3 Å². The Labute approximate surface area is 68.6 Å². The maximum absolute atomic E-state index is 10.7. The first-order valence-electron chi connectivity index (χ1n) is 3.18. The molecule has 0 fully saturated rings. The SMILES string of the molecule is NC(=O)c1ccccc1N([O-])O. The second kappa shape index (κ2) is 3.21. The Balaban J connectivity index is 3.17. The molecule has 0 spiro atoms. The Hall–Kier alpha value is -1.59. The van der Waals surface area contributed by atoms with Gasteiger partial charge in [-0.15, -0.1) is 0 Å². The van der Waals surface area contributed by atoms with E-state index in [4.69, 9.17) is 10.9 Å². The monoisotopic (exact) mass is 167 g/mol. The summed E-state index contributed by atoms with van der Waals surface area (Å²) in [5.74, 6) is -0.750. The van der Waals surface area contributed by atoms with Gasteiger partial charge in [0.1, 0.15) is 0 Å². The summed E-state index contributed by atoms with van der Waals surface area (Å²) in [6.07, 6.45) is 0. The average molecular weight is 167 g/mol. The third kappa shape index (κ3) is 1.52. The van der Waals surface area contributed by atoms with Crippen LogP contribution in [-0.4, -0.2) is 11.1 Å². The van der Waals surface area contributed by atoms with Crippen molar-refractivity contribution in [3.63, 3.8) is 0 Å². The van der Waals surface area contributed by atoms with Crippen LogP contribution in [-0.2, 0) is 0 Å². The fraction of sp³-hybridized carbons (Fsp3) is 0. The Morgan fingerprint density at radius 1 is 1.50 bits per heavy atom. The number of hydrogen-bond acceptors (Lipinski definition) is 4. The Kier molecular flexibility index (Phi) is 2.27. The van der Waals surface area contributed by atoms with E-state index in [1.807, 2.05) is 0 Å². The predicted molar refractivity (Wildman–Crippen MR) is 42.6 cm³/mol. The fourth-order valence-corrected chi connectivity index (χ4v) is 0.849. The smallest absolute Gasteiger partial charge is 0.250 e. The lowest BCUT2D eigenvalue weighted by Crippen LogP contribution is -2.17. The van der Waals surface area contributed by atoms with Gasteiger partial charge in [-0.3, -0.25) is 10.0 Å². The molecule has 64 valence electrons. The molecule has 1 aromatic rings. The molecule has 0 aliphatic carbocycles. The van der Waals surface area contributed by atoms with Crippen molar-refractivity contribution in [3.05, 3.63) is 35.0 Å². The molecule has 0 atom stereocenters. The van der Waals surface area contributed by atoms with Crippen LogP contribution in [0.2, 0.25) is 0 Å². The molecule has 1 amide bonds. The van der Waals surface area contributed by atoms with Crippen molar-refractivity contribution < 1.29 is 10.0 Å². The van der Waals surface area contributed by atoms with Gasteiger partial charge in [-0.25, -0.2) is 0 Å². The molecule has 0 bridgehead atoms. The topological polar surface area (TPSA) is 89.6 Å². The zero-order valence-corrected chi connectivity index (χ0v) is 6.10. The van der Waals surface area contributed by atoms with Crippen molar-refractivity contribution in [2.45, 2.75) is 0 Å². The minimum Gasteiger partial charge on any atom is -0.733 e. The number of amides is 1. The summed E-state index contributed by atoms with van der Waals surface area (Å²) in [7, 11) is 0. The van der Waals surface area contributed by atoms with Crippen molar-refractivity contribution in [1.82, 2.24) is 0 Å². The van der Waals surface area contributed by atoms with E-state index < -0.39 is 5.91 Å². The number of primary amides is 1. The highest BCUT2D eigenvalue weighted by Gasteiger charge is 2.06. The van der Waals surface area contributed by atoms with E-state index >= 15 is 0 Å². The van der Waals surface area contributed by atoms with Crippen LogP contribution in [0, 0.1) is 5.21 Å². The number of nitrogens with zero attached hydrogens (tertiary/aromatic N) is 1. The molecule has 0 aromatic heterocycles. The third-order valence-electron chi connectivity index (χ3n) is 1.38. The highest BCUT2D eigenvalue weighted by molar-refractivity contribution is 5.98. The van der Waals surface area contributed by atoms with Gasteiger partial charge in [0.25, 0.3) is 5.91 Å². The first-order chi connectivity index (χ1) is 5.63. The largest absolute Gasteiger partial charge is 0.733 e. The summed E-state index contributed by atoms with van der Waals surface area (Å²) >= 11 is 0. The van der Waals surface area contributed by atoms with Crippen LogP contribution < -0.4 is 11.0 Å². The minimum absolute atomic E-state index is 0.00463. The zero-order chi connectivity index (χ0) is 9.14. The summed E-state index contributed by atoms with van der Waals surface area (Å²) in [5.41, 5.74) is 4.78. The zero-order valence-electron chi connectivity index (χ0n) is 6.10. The van der Waals surface area contributed by atoms with Crippen LogP contribution in [0.25, 0.3) is 0 Å². The molecule has 1 rings (SSSR count). The van der Waals surface area contributed by atoms with Gasteiger partial charge < -0.3 is 16.2 Å². The molecule has 12 heavy (non-hydrogen) atoms. The number of rotatable bonds is 2. The lowest BCUT2D eigenvalue weighted by molar-refractivity contribution is 0.0999. The molecule has 0 heterocycles. The maximum atomic E-state index is 10.7. The minimum atomic E-state index is -0.750. The second-order valence-corrected chi connectivity index (χ2v) is 2.15. The van der Waals surface area contributed by atoms with Gasteiger partial charge in [0.15, 0.2) is 0 Å². The van der Waals surface area contributed by atoms with E-state index in [0.717, 1.165) is 0 Å². The normalized spacial score (nSPS) is 9.50. The maximum Gasteiger partial charge on any atom is 0.250 e. The quantitative estimate of drug-likeness (QED) is 0.627. The van der Waals surface area contributed by atoms with Crippen LogP contribution in [0.1, 0.15) is 10.4 Å². The molecule has 0 aliphatic rings. The number of nitrogens with two attached hydrogens (primary N) is 1. The highest BCUT2D eigenvalue weighted by Crippen LogP contribution is 2.16. The second-order valence-electron chi connectivity index (χ2n) is 2.15. The van der Waals surface area contributed by atoms with E-state index in [1.165, 1.54) is 18.2 Å². The fourth-order valence-electron chi connectivity index (χ4n) is 0.849. The summed E-state index contributed by atoms with van der Waals surface area (Å²) in [6, 6.07) is 5.72. The van der Waals surface area contributed by atoms with Gasteiger partial charge in [0.2, 0.25) is 0 Å². The number of anilines is 1. The third-order valence-corrected chi connectivity index (χ3v) is 1.38. The molecule has 3 N–H and O–H groups in total. The van der Waals surface area contributed by atoms with Crippen LogP contribution in [0.15, 0.2) is 24.3 Å². The molecule has 0 saturated heterocycles. The number of hydrogen-bond donors (Lipinski definition) is 2. The molecule has 0 unspecified atom stereocenters. The van der Waals surface area contributed by atoms with E-state index in [1.54, 1.807) is 6.07 Å². The summed E-state index contributed by atoms with van der Waals surface area (Å²) in [4.78, 5) is 10.7. The average Bonchev–Trinajstić information content (AvgIpc) is 2.04. The molecular weight excluding hydrogens is 160 g/mol. The highest BCUT2D eigenvalue weighted by atomic mass is 16.8. The Morgan fingerprint density at radius 3 is 2.50 bits per heavy atom. The summed E-state index contributed by atoms with van der Waals surface area (Å²) in [6.45, 7) is 0. The summed E-state index contributed by atoms with van der Waals surface area (Å²) < 4.78 is 0. The van der Waals surface area contributed by atoms with Crippen LogP contribution >= 0.6 is 0 Å². The molecule has 0 saturated carbocycles. The van der Waals surface area contributed by atoms with Gasteiger partial charge in [-0.05, 0) is 12.1 Å².